The number of aromatic nitrogens is 5. The van der Waals surface area contributed by atoms with Gasteiger partial charge in [-0.05, 0) is 25.0 Å². The first-order valence-corrected chi connectivity index (χ1v) is 6.91. The summed E-state index contributed by atoms with van der Waals surface area (Å²) < 4.78 is 7.18. The van der Waals surface area contributed by atoms with Crippen LogP contribution in [0.15, 0.2) is 18.3 Å². The quantitative estimate of drug-likeness (QED) is 0.715. The van der Waals surface area contributed by atoms with Crippen molar-refractivity contribution in [2.24, 2.45) is 0 Å². The molecule has 0 amide bonds. The summed E-state index contributed by atoms with van der Waals surface area (Å²) in [5.74, 6) is 0. The molecule has 0 N–H and O–H groups in total. The molecule has 6 nitrogen and oxygen atoms in total. The zero-order chi connectivity index (χ0) is 13.5. The van der Waals surface area contributed by atoms with E-state index in [-0.39, 0.29) is 0 Å². The summed E-state index contributed by atoms with van der Waals surface area (Å²) in [5, 5.41) is 9.61. The van der Waals surface area contributed by atoms with E-state index in [1.165, 1.54) is 12.8 Å². The van der Waals surface area contributed by atoms with Crippen LogP contribution in [0.3, 0.4) is 0 Å². The van der Waals surface area contributed by atoms with E-state index in [9.17, 15) is 0 Å². The Labute approximate surface area is 115 Å². The summed E-state index contributed by atoms with van der Waals surface area (Å²) in [4.78, 5) is 8.65. The third-order valence-electron chi connectivity index (χ3n) is 4.01. The second kappa shape index (κ2) is 4.40. The van der Waals surface area contributed by atoms with Gasteiger partial charge in [0, 0.05) is 11.6 Å². The molecule has 3 aromatic rings. The first-order chi connectivity index (χ1) is 9.86. The average Bonchev–Trinajstić information content (AvgIpc) is 3.15. The molecule has 0 aliphatic heterocycles. The second-order valence-corrected chi connectivity index (χ2v) is 5.20. The molecule has 1 aliphatic carbocycles. The lowest BCUT2D eigenvalue weighted by molar-refractivity contribution is 0.382. The maximum absolute atomic E-state index is 5.14. The van der Waals surface area contributed by atoms with Crippen LogP contribution in [0.1, 0.15) is 31.7 Å². The summed E-state index contributed by atoms with van der Waals surface area (Å²) >= 11 is 0. The average molecular weight is 269 g/mol. The van der Waals surface area contributed by atoms with E-state index in [1.54, 1.807) is 13.3 Å². The fourth-order valence-electron chi connectivity index (χ4n) is 3.01. The van der Waals surface area contributed by atoms with Crippen molar-refractivity contribution in [1.82, 2.24) is 25.0 Å². The van der Waals surface area contributed by atoms with Crippen LogP contribution in [0, 0.1) is 0 Å². The number of hydrogen-bond acceptors (Lipinski definition) is 5. The topological polar surface area (TPSA) is 65.7 Å². The lowest BCUT2D eigenvalue weighted by atomic mass is 10.2. The molecule has 6 heteroatoms. The van der Waals surface area contributed by atoms with Gasteiger partial charge in [0.25, 0.3) is 0 Å². The lowest BCUT2D eigenvalue weighted by Gasteiger charge is -2.11. The van der Waals surface area contributed by atoms with Crippen molar-refractivity contribution in [2.45, 2.75) is 31.7 Å². The highest BCUT2D eigenvalue weighted by Crippen LogP contribution is 2.33. The van der Waals surface area contributed by atoms with Crippen LogP contribution in [0.25, 0.3) is 21.9 Å². The van der Waals surface area contributed by atoms with E-state index >= 15 is 0 Å². The summed E-state index contributed by atoms with van der Waals surface area (Å²) in [5.41, 5.74) is 2.74. The number of fused-ring (bicyclic) bond motifs is 3. The maximum atomic E-state index is 5.14. The molecule has 0 radical (unpaired) electrons. The van der Waals surface area contributed by atoms with Crippen molar-refractivity contribution >= 4 is 21.9 Å². The van der Waals surface area contributed by atoms with Gasteiger partial charge in [-0.25, -0.2) is 9.67 Å². The number of ether oxygens (including phenoxy) is 1. The van der Waals surface area contributed by atoms with Crippen LogP contribution in [0.5, 0.6) is 6.01 Å². The fraction of sp³-hybridized carbons (Fsp3) is 0.429. The molecule has 0 bridgehead atoms. The van der Waals surface area contributed by atoms with Gasteiger partial charge < -0.3 is 4.74 Å². The van der Waals surface area contributed by atoms with Gasteiger partial charge in [-0.2, -0.15) is 4.98 Å². The predicted octanol–water partition coefficient (Wildman–Crippen LogP) is 2.50. The van der Waals surface area contributed by atoms with Crippen LogP contribution in [0.2, 0.25) is 0 Å². The molecule has 1 fully saturated rings. The number of benzene rings is 1. The van der Waals surface area contributed by atoms with Gasteiger partial charge in [-0.3, -0.25) is 0 Å². The molecule has 0 atom stereocenters. The first kappa shape index (κ1) is 11.6. The van der Waals surface area contributed by atoms with Gasteiger partial charge >= 0.3 is 6.01 Å². The summed E-state index contributed by atoms with van der Waals surface area (Å²) in [6.07, 6.45) is 6.63. The smallest absolute Gasteiger partial charge is 0.316 e. The van der Waals surface area contributed by atoms with Crippen molar-refractivity contribution in [3.05, 3.63) is 18.3 Å². The van der Waals surface area contributed by atoms with E-state index < -0.39 is 0 Å². The molecule has 2 aromatic heterocycles. The Hall–Kier alpha value is -2.24. The normalized spacial score (nSPS) is 16.2. The van der Waals surface area contributed by atoms with E-state index in [4.69, 9.17) is 4.74 Å². The molecule has 2 heterocycles. The monoisotopic (exact) mass is 269 g/mol. The summed E-state index contributed by atoms with van der Waals surface area (Å²) in [6, 6.07) is 4.77. The minimum atomic E-state index is 0.379. The third-order valence-corrected chi connectivity index (χ3v) is 4.01. The Balaban J connectivity index is 2.02. The molecule has 1 saturated carbocycles. The van der Waals surface area contributed by atoms with Gasteiger partial charge in [0.1, 0.15) is 16.6 Å². The minimum absolute atomic E-state index is 0.379. The molecule has 0 saturated heterocycles. The van der Waals surface area contributed by atoms with Crippen molar-refractivity contribution in [1.29, 1.82) is 0 Å². The Kier molecular flexibility index (Phi) is 2.55. The zero-order valence-electron chi connectivity index (χ0n) is 11.3. The predicted molar refractivity (Wildman–Crippen MR) is 74.7 cm³/mol. The van der Waals surface area contributed by atoms with E-state index in [2.05, 4.69) is 20.3 Å². The van der Waals surface area contributed by atoms with Crippen molar-refractivity contribution in [3.8, 4) is 6.01 Å². The number of rotatable bonds is 2. The molecule has 1 aliphatic rings. The molecular weight excluding hydrogens is 254 g/mol. The van der Waals surface area contributed by atoms with E-state index in [0.29, 0.717) is 12.1 Å². The molecule has 20 heavy (non-hydrogen) atoms. The summed E-state index contributed by atoms with van der Waals surface area (Å²) in [6.45, 7) is 0. The van der Waals surface area contributed by atoms with Crippen LogP contribution >= 0.6 is 0 Å². The molecule has 102 valence electrons. The molecule has 0 unspecified atom stereocenters. The van der Waals surface area contributed by atoms with Gasteiger partial charge in [0.15, 0.2) is 0 Å². The van der Waals surface area contributed by atoms with Gasteiger partial charge in [0.2, 0.25) is 0 Å². The molecule has 1 aromatic carbocycles. The highest BCUT2D eigenvalue weighted by atomic mass is 16.5. The van der Waals surface area contributed by atoms with Crippen molar-refractivity contribution in [2.75, 3.05) is 7.11 Å². The Morgan fingerprint density at radius 3 is 2.90 bits per heavy atom. The maximum Gasteiger partial charge on any atom is 0.316 e. The minimum Gasteiger partial charge on any atom is -0.467 e. The number of hydrogen-bond donors (Lipinski definition) is 0. The Bertz CT molecular complexity index is 776. The molecule has 4 rings (SSSR count). The van der Waals surface area contributed by atoms with Crippen molar-refractivity contribution < 1.29 is 4.74 Å². The van der Waals surface area contributed by atoms with Gasteiger partial charge in [-0.1, -0.05) is 18.1 Å². The highest BCUT2D eigenvalue weighted by molar-refractivity contribution is 6.01. The zero-order valence-corrected chi connectivity index (χ0v) is 11.3. The van der Waals surface area contributed by atoms with E-state index in [1.807, 2.05) is 16.8 Å². The van der Waals surface area contributed by atoms with Gasteiger partial charge in [0.05, 0.1) is 13.2 Å². The standard InChI is InChI=1S/C14H15N5O/c1-20-14-15-8-9-6-7-11-13(12(9)16-14)19(18-17-11)10-4-2-3-5-10/h6-8,10H,2-5H2,1H3. The first-order valence-electron chi connectivity index (χ1n) is 6.91. The molecule has 0 spiro atoms. The highest BCUT2D eigenvalue weighted by Gasteiger charge is 2.22. The number of methoxy groups -OCH3 is 1. The van der Waals surface area contributed by atoms with E-state index in [0.717, 1.165) is 34.8 Å². The lowest BCUT2D eigenvalue weighted by Crippen LogP contribution is -2.07. The summed E-state index contributed by atoms with van der Waals surface area (Å²) in [7, 11) is 1.58. The molecular formula is C14H15N5O. The fourth-order valence-corrected chi connectivity index (χ4v) is 3.01. The number of nitrogens with zero attached hydrogens (tertiary/aromatic N) is 5. The van der Waals surface area contributed by atoms with Crippen molar-refractivity contribution in [3.63, 3.8) is 0 Å². The third kappa shape index (κ3) is 1.64. The van der Waals surface area contributed by atoms with Crippen LogP contribution < -0.4 is 4.74 Å². The Morgan fingerprint density at radius 1 is 1.25 bits per heavy atom. The van der Waals surface area contributed by atoms with Crippen LogP contribution in [-0.4, -0.2) is 32.1 Å². The largest absolute Gasteiger partial charge is 0.467 e. The van der Waals surface area contributed by atoms with Crippen LogP contribution in [0.4, 0.5) is 0 Å². The SMILES string of the molecule is COc1ncc2ccc3nnn(C4CCCC4)c3c2n1. The van der Waals surface area contributed by atoms with Crippen LogP contribution in [-0.2, 0) is 0 Å². The second-order valence-electron chi connectivity index (χ2n) is 5.20. The Morgan fingerprint density at radius 2 is 2.10 bits per heavy atom. The van der Waals surface area contributed by atoms with Gasteiger partial charge in [-0.15, -0.1) is 5.10 Å².